The molecule has 0 radical (unpaired) electrons. The Balaban J connectivity index is 2.88. The van der Waals surface area contributed by atoms with Gasteiger partial charge >= 0.3 is 0 Å². The summed E-state index contributed by atoms with van der Waals surface area (Å²) in [5.41, 5.74) is 0. The quantitative estimate of drug-likeness (QED) is 0.436. The predicted octanol–water partition coefficient (Wildman–Crippen LogP) is -0.661. The van der Waals surface area contributed by atoms with Crippen LogP contribution < -0.4 is 5.32 Å². The minimum atomic E-state index is -0.267. The molecule has 0 saturated heterocycles. The van der Waals surface area contributed by atoms with Crippen LogP contribution in [-0.4, -0.2) is 36.0 Å². The van der Waals surface area contributed by atoms with Crippen molar-refractivity contribution in [3.8, 4) is 0 Å². The van der Waals surface area contributed by atoms with E-state index in [1.54, 1.807) is 0 Å². The van der Waals surface area contributed by atoms with Gasteiger partial charge in [0.15, 0.2) is 0 Å². The molecule has 0 unspecified atom stereocenters. The topological polar surface area (TPSA) is 52.5 Å². The van der Waals surface area contributed by atoms with Gasteiger partial charge in [0.1, 0.15) is 0 Å². The molecular weight excluding hydrogens is 118 g/mol. The van der Waals surface area contributed by atoms with E-state index >= 15 is 0 Å². The standard InChI is InChI=1S/C6H15NO2/c1-2-6(9)5-7-3-4-8/h6-9H,2-5H2,1H3/t6-/m1/s1. The maximum atomic E-state index is 8.94. The van der Waals surface area contributed by atoms with Crippen molar-refractivity contribution in [2.24, 2.45) is 0 Å². The van der Waals surface area contributed by atoms with E-state index in [-0.39, 0.29) is 12.7 Å². The molecule has 3 nitrogen and oxygen atoms in total. The summed E-state index contributed by atoms with van der Waals surface area (Å²) in [6, 6.07) is 0. The SMILES string of the molecule is CC[C@@H](O)CNCCO. The first kappa shape index (κ1) is 8.88. The Morgan fingerprint density at radius 3 is 2.67 bits per heavy atom. The predicted molar refractivity (Wildman–Crippen MR) is 36.3 cm³/mol. The first-order chi connectivity index (χ1) is 4.31. The molecule has 3 N–H and O–H groups in total. The van der Waals surface area contributed by atoms with Crippen molar-refractivity contribution in [3.63, 3.8) is 0 Å². The Morgan fingerprint density at radius 1 is 1.56 bits per heavy atom. The zero-order valence-electron chi connectivity index (χ0n) is 5.80. The molecule has 0 aromatic carbocycles. The van der Waals surface area contributed by atoms with Crippen LogP contribution >= 0.6 is 0 Å². The van der Waals surface area contributed by atoms with Crippen molar-refractivity contribution in [3.05, 3.63) is 0 Å². The summed E-state index contributed by atoms with van der Waals surface area (Å²) in [5.74, 6) is 0. The molecule has 0 aliphatic heterocycles. The van der Waals surface area contributed by atoms with Crippen LogP contribution in [0, 0.1) is 0 Å². The van der Waals surface area contributed by atoms with Gasteiger partial charge in [-0.25, -0.2) is 0 Å². The zero-order chi connectivity index (χ0) is 7.11. The first-order valence-electron chi connectivity index (χ1n) is 3.31. The molecule has 9 heavy (non-hydrogen) atoms. The second-order valence-electron chi connectivity index (χ2n) is 1.99. The van der Waals surface area contributed by atoms with E-state index in [4.69, 9.17) is 10.2 Å². The second-order valence-corrected chi connectivity index (χ2v) is 1.99. The van der Waals surface area contributed by atoms with Crippen molar-refractivity contribution in [1.82, 2.24) is 5.32 Å². The summed E-state index contributed by atoms with van der Waals surface area (Å²) in [6.07, 6.45) is 0.495. The Hall–Kier alpha value is -0.120. The molecule has 0 fully saturated rings. The Labute approximate surface area is 55.7 Å². The number of rotatable bonds is 5. The molecule has 56 valence electrons. The van der Waals surface area contributed by atoms with Crippen LogP contribution in [0.5, 0.6) is 0 Å². The summed E-state index contributed by atoms with van der Waals surface area (Å²) in [6.45, 7) is 3.20. The highest BCUT2D eigenvalue weighted by Crippen LogP contribution is 1.84. The van der Waals surface area contributed by atoms with Gasteiger partial charge in [-0.3, -0.25) is 0 Å². The highest BCUT2D eigenvalue weighted by molar-refractivity contribution is 4.55. The van der Waals surface area contributed by atoms with Gasteiger partial charge in [-0.15, -0.1) is 0 Å². The molecule has 0 aromatic rings. The van der Waals surface area contributed by atoms with Crippen LogP contribution in [0.2, 0.25) is 0 Å². The largest absolute Gasteiger partial charge is 0.395 e. The third-order valence-corrected chi connectivity index (χ3v) is 1.14. The normalized spacial score (nSPS) is 13.7. The van der Waals surface area contributed by atoms with Crippen molar-refractivity contribution in [2.45, 2.75) is 19.4 Å². The number of nitrogens with one attached hydrogen (secondary N) is 1. The fourth-order valence-corrected chi connectivity index (χ4v) is 0.492. The van der Waals surface area contributed by atoms with Crippen LogP contribution in [0.25, 0.3) is 0 Å². The Bertz CT molecular complexity index is 59.0. The monoisotopic (exact) mass is 133 g/mol. The maximum Gasteiger partial charge on any atom is 0.0662 e. The number of hydrogen-bond acceptors (Lipinski definition) is 3. The van der Waals surface area contributed by atoms with E-state index in [0.29, 0.717) is 13.1 Å². The molecule has 0 rings (SSSR count). The summed E-state index contributed by atoms with van der Waals surface area (Å²) in [4.78, 5) is 0. The van der Waals surface area contributed by atoms with E-state index in [1.807, 2.05) is 6.92 Å². The van der Waals surface area contributed by atoms with E-state index in [0.717, 1.165) is 6.42 Å². The lowest BCUT2D eigenvalue weighted by Crippen LogP contribution is -2.28. The van der Waals surface area contributed by atoms with Crippen molar-refractivity contribution in [2.75, 3.05) is 19.7 Å². The van der Waals surface area contributed by atoms with Crippen LogP contribution in [-0.2, 0) is 0 Å². The molecular formula is C6H15NO2. The minimum Gasteiger partial charge on any atom is -0.395 e. The van der Waals surface area contributed by atoms with Crippen LogP contribution in [0.15, 0.2) is 0 Å². The van der Waals surface area contributed by atoms with Crippen molar-refractivity contribution < 1.29 is 10.2 Å². The molecule has 1 atom stereocenters. The third-order valence-electron chi connectivity index (χ3n) is 1.14. The lowest BCUT2D eigenvalue weighted by molar-refractivity contribution is 0.164. The molecule has 0 aliphatic rings. The van der Waals surface area contributed by atoms with E-state index in [2.05, 4.69) is 5.32 Å². The summed E-state index contributed by atoms with van der Waals surface area (Å²) in [5, 5.41) is 20.1. The van der Waals surface area contributed by atoms with Crippen LogP contribution in [0.4, 0.5) is 0 Å². The highest BCUT2D eigenvalue weighted by atomic mass is 16.3. The number of aliphatic hydroxyl groups excluding tert-OH is 2. The van der Waals surface area contributed by atoms with Gasteiger partial charge in [0, 0.05) is 13.1 Å². The first-order valence-corrected chi connectivity index (χ1v) is 3.31. The number of hydrogen-bond donors (Lipinski definition) is 3. The summed E-state index contributed by atoms with van der Waals surface area (Å²) >= 11 is 0. The molecule has 0 spiro atoms. The minimum absolute atomic E-state index is 0.135. The smallest absolute Gasteiger partial charge is 0.0662 e. The van der Waals surface area contributed by atoms with Gasteiger partial charge in [0.25, 0.3) is 0 Å². The number of aliphatic hydroxyl groups is 2. The van der Waals surface area contributed by atoms with Crippen LogP contribution in [0.3, 0.4) is 0 Å². The average Bonchev–Trinajstić information content (AvgIpc) is 1.89. The summed E-state index contributed by atoms with van der Waals surface area (Å²) < 4.78 is 0. The Morgan fingerprint density at radius 2 is 2.22 bits per heavy atom. The van der Waals surface area contributed by atoms with Crippen molar-refractivity contribution >= 4 is 0 Å². The Kier molecular flexibility index (Phi) is 5.93. The van der Waals surface area contributed by atoms with Gasteiger partial charge in [-0.05, 0) is 6.42 Å². The van der Waals surface area contributed by atoms with Gasteiger partial charge in [-0.1, -0.05) is 6.92 Å². The average molecular weight is 133 g/mol. The summed E-state index contributed by atoms with van der Waals surface area (Å²) in [7, 11) is 0. The molecule has 0 bridgehead atoms. The molecule has 0 amide bonds. The molecule has 0 aliphatic carbocycles. The fraction of sp³-hybridized carbons (Fsp3) is 1.00. The lowest BCUT2D eigenvalue weighted by atomic mass is 10.3. The van der Waals surface area contributed by atoms with Gasteiger partial charge in [0.2, 0.25) is 0 Å². The van der Waals surface area contributed by atoms with Gasteiger partial charge in [0.05, 0.1) is 12.7 Å². The van der Waals surface area contributed by atoms with Gasteiger partial charge in [-0.2, -0.15) is 0 Å². The molecule has 0 aromatic heterocycles. The fourth-order valence-electron chi connectivity index (χ4n) is 0.492. The lowest BCUT2D eigenvalue weighted by Gasteiger charge is -2.06. The van der Waals surface area contributed by atoms with Gasteiger partial charge < -0.3 is 15.5 Å². The van der Waals surface area contributed by atoms with E-state index in [9.17, 15) is 0 Å². The molecule has 3 heteroatoms. The zero-order valence-corrected chi connectivity index (χ0v) is 5.80. The maximum absolute atomic E-state index is 8.94. The second kappa shape index (κ2) is 6.01. The highest BCUT2D eigenvalue weighted by Gasteiger charge is 1.96. The van der Waals surface area contributed by atoms with E-state index in [1.165, 1.54) is 0 Å². The third kappa shape index (κ3) is 5.76. The van der Waals surface area contributed by atoms with Crippen LogP contribution in [0.1, 0.15) is 13.3 Å². The molecule has 0 heterocycles. The van der Waals surface area contributed by atoms with E-state index < -0.39 is 0 Å². The van der Waals surface area contributed by atoms with Crippen molar-refractivity contribution in [1.29, 1.82) is 0 Å². The molecule has 0 saturated carbocycles.